The van der Waals surface area contributed by atoms with Crippen molar-refractivity contribution in [3.05, 3.63) is 53.3 Å². The second-order valence-corrected chi connectivity index (χ2v) is 5.21. The first kappa shape index (κ1) is 12.6. The molecule has 0 saturated carbocycles. The molecule has 4 nitrogen and oxygen atoms in total. The summed E-state index contributed by atoms with van der Waals surface area (Å²) in [6, 6.07) is 9.34. The molecule has 0 aliphatic carbocycles. The number of nitrogens with one attached hydrogen (secondary N) is 1. The maximum Gasteiger partial charge on any atom is 0.267 e. The summed E-state index contributed by atoms with van der Waals surface area (Å²) in [4.78, 5) is 16.7. The van der Waals surface area contributed by atoms with Crippen LogP contribution in [0, 0.1) is 5.82 Å². The maximum atomic E-state index is 13.1. The number of nitrogen functional groups attached to an aromatic ring is 1. The standard InChI is InChI=1S/C14H10FN3OS/c15-8-3-1-4-9(7-8)18-14(19)13-11(16)12-10(20-13)5-2-6-17-12/h1-7H,16H2,(H,18,19). The number of nitrogens with zero attached hydrogens (tertiary/aromatic N) is 1. The number of aromatic nitrogens is 1. The van der Waals surface area contributed by atoms with Crippen molar-refractivity contribution in [2.75, 3.05) is 11.1 Å². The Balaban J connectivity index is 1.95. The van der Waals surface area contributed by atoms with Crippen molar-refractivity contribution in [1.29, 1.82) is 0 Å². The van der Waals surface area contributed by atoms with E-state index >= 15 is 0 Å². The van der Waals surface area contributed by atoms with Gasteiger partial charge in [-0.15, -0.1) is 11.3 Å². The molecule has 100 valence electrons. The molecule has 1 aromatic carbocycles. The largest absolute Gasteiger partial charge is 0.396 e. The number of hydrogen-bond acceptors (Lipinski definition) is 4. The lowest BCUT2D eigenvalue weighted by Crippen LogP contribution is -2.12. The minimum atomic E-state index is -0.409. The molecule has 0 bridgehead atoms. The van der Waals surface area contributed by atoms with E-state index in [1.54, 1.807) is 18.3 Å². The highest BCUT2D eigenvalue weighted by Gasteiger charge is 2.17. The Hall–Kier alpha value is -2.47. The van der Waals surface area contributed by atoms with Gasteiger partial charge < -0.3 is 11.1 Å². The van der Waals surface area contributed by atoms with Crippen LogP contribution in [0.2, 0.25) is 0 Å². The van der Waals surface area contributed by atoms with Gasteiger partial charge >= 0.3 is 0 Å². The van der Waals surface area contributed by atoms with Gasteiger partial charge in [-0.3, -0.25) is 9.78 Å². The maximum absolute atomic E-state index is 13.1. The molecule has 2 aromatic heterocycles. The summed E-state index contributed by atoms with van der Waals surface area (Å²) >= 11 is 1.26. The molecule has 3 rings (SSSR count). The van der Waals surface area contributed by atoms with E-state index < -0.39 is 5.82 Å². The van der Waals surface area contributed by atoms with E-state index in [-0.39, 0.29) is 5.91 Å². The monoisotopic (exact) mass is 287 g/mol. The second-order valence-electron chi connectivity index (χ2n) is 4.16. The van der Waals surface area contributed by atoms with Gasteiger partial charge in [0.1, 0.15) is 16.2 Å². The number of carbonyl (C=O) groups excluding carboxylic acids is 1. The average molecular weight is 287 g/mol. The Kier molecular flexibility index (Phi) is 3.08. The Bertz CT molecular complexity index is 800. The Morgan fingerprint density at radius 1 is 1.30 bits per heavy atom. The van der Waals surface area contributed by atoms with Gasteiger partial charge in [0, 0.05) is 11.9 Å². The number of pyridine rings is 1. The predicted molar refractivity (Wildman–Crippen MR) is 78.4 cm³/mol. The number of amides is 1. The first-order chi connectivity index (χ1) is 9.65. The third-order valence-electron chi connectivity index (χ3n) is 2.77. The summed E-state index contributed by atoms with van der Waals surface area (Å²) in [6.07, 6.45) is 1.62. The van der Waals surface area contributed by atoms with Gasteiger partial charge in [0.05, 0.1) is 10.4 Å². The highest BCUT2D eigenvalue weighted by Crippen LogP contribution is 2.32. The van der Waals surface area contributed by atoms with Crippen LogP contribution >= 0.6 is 11.3 Å². The lowest BCUT2D eigenvalue weighted by atomic mass is 10.3. The Morgan fingerprint density at radius 2 is 2.15 bits per heavy atom. The molecule has 20 heavy (non-hydrogen) atoms. The van der Waals surface area contributed by atoms with Crippen LogP contribution in [-0.4, -0.2) is 10.9 Å². The van der Waals surface area contributed by atoms with Gasteiger partial charge in [0.2, 0.25) is 0 Å². The van der Waals surface area contributed by atoms with Gasteiger partial charge in [0.25, 0.3) is 5.91 Å². The minimum absolute atomic E-state index is 0.347. The fourth-order valence-electron chi connectivity index (χ4n) is 1.87. The summed E-state index contributed by atoms with van der Waals surface area (Å²) in [5.74, 6) is -0.773. The lowest BCUT2D eigenvalue weighted by Gasteiger charge is -2.04. The summed E-state index contributed by atoms with van der Waals surface area (Å²) in [5.41, 5.74) is 7.28. The molecule has 0 saturated heterocycles. The summed E-state index contributed by atoms with van der Waals surface area (Å²) in [7, 11) is 0. The van der Waals surface area contributed by atoms with Crippen LogP contribution in [0.3, 0.4) is 0 Å². The van der Waals surface area contributed by atoms with Crippen molar-refractivity contribution in [3.8, 4) is 0 Å². The topological polar surface area (TPSA) is 68.0 Å². The number of thiophene rings is 1. The van der Waals surface area contributed by atoms with Crippen molar-refractivity contribution in [3.63, 3.8) is 0 Å². The van der Waals surface area contributed by atoms with E-state index in [4.69, 9.17) is 5.73 Å². The molecule has 6 heteroatoms. The van der Waals surface area contributed by atoms with Crippen LogP contribution in [0.25, 0.3) is 10.2 Å². The van der Waals surface area contributed by atoms with Crippen LogP contribution in [-0.2, 0) is 0 Å². The highest BCUT2D eigenvalue weighted by molar-refractivity contribution is 7.21. The van der Waals surface area contributed by atoms with Crippen molar-refractivity contribution in [2.45, 2.75) is 0 Å². The zero-order chi connectivity index (χ0) is 14.1. The fourth-order valence-corrected chi connectivity index (χ4v) is 2.85. The third kappa shape index (κ3) is 2.21. The first-order valence-corrected chi connectivity index (χ1v) is 6.67. The van der Waals surface area contributed by atoms with Crippen LogP contribution in [0.5, 0.6) is 0 Å². The number of halogens is 1. The number of carbonyl (C=O) groups is 1. The van der Waals surface area contributed by atoms with E-state index in [9.17, 15) is 9.18 Å². The molecule has 0 atom stereocenters. The predicted octanol–water partition coefficient (Wildman–Crippen LogP) is 3.27. The van der Waals surface area contributed by atoms with Gasteiger partial charge in [-0.05, 0) is 30.3 Å². The van der Waals surface area contributed by atoms with E-state index in [0.717, 1.165) is 4.70 Å². The number of anilines is 2. The quantitative estimate of drug-likeness (QED) is 0.760. The van der Waals surface area contributed by atoms with Crippen LogP contribution in [0.15, 0.2) is 42.6 Å². The number of fused-ring (bicyclic) bond motifs is 1. The SMILES string of the molecule is Nc1c(C(=O)Nc2cccc(F)c2)sc2cccnc12. The zero-order valence-corrected chi connectivity index (χ0v) is 11.1. The Labute approximate surface area is 118 Å². The van der Waals surface area contributed by atoms with E-state index in [1.807, 2.05) is 6.07 Å². The van der Waals surface area contributed by atoms with Crippen LogP contribution < -0.4 is 11.1 Å². The Morgan fingerprint density at radius 3 is 2.90 bits per heavy atom. The molecule has 0 aliphatic rings. The van der Waals surface area contributed by atoms with Gasteiger partial charge in [0.15, 0.2) is 0 Å². The average Bonchev–Trinajstić information content (AvgIpc) is 2.77. The minimum Gasteiger partial charge on any atom is -0.396 e. The highest BCUT2D eigenvalue weighted by atomic mass is 32.1. The van der Waals surface area contributed by atoms with Crippen LogP contribution in [0.4, 0.5) is 15.8 Å². The van der Waals surface area contributed by atoms with E-state index in [1.165, 1.54) is 29.5 Å². The molecule has 0 fully saturated rings. The number of rotatable bonds is 2. The van der Waals surface area contributed by atoms with Gasteiger partial charge in [-0.25, -0.2) is 4.39 Å². The van der Waals surface area contributed by atoms with Crippen molar-refractivity contribution in [1.82, 2.24) is 4.98 Å². The molecule has 0 unspecified atom stereocenters. The third-order valence-corrected chi connectivity index (χ3v) is 3.93. The number of benzene rings is 1. The molecule has 0 spiro atoms. The van der Waals surface area contributed by atoms with Crippen molar-refractivity contribution in [2.24, 2.45) is 0 Å². The number of nitrogens with two attached hydrogens (primary N) is 1. The van der Waals surface area contributed by atoms with Crippen LogP contribution in [0.1, 0.15) is 9.67 Å². The molecule has 0 radical (unpaired) electrons. The molecule has 1 amide bonds. The number of hydrogen-bond donors (Lipinski definition) is 2. The van der Waals surface area contributed by atoms with Crippen molar-refractivity contribution >= 4 is 38.8 Å². The van der Waals surface area contributed by atoms with E-state index in [0.29, 0.717) is 21.8 Å². The summed E-state index contributed by atoms with van der Waals surface area (Å²) < 4.78 is 13.9. The van der Waals surface area contributed by atoms with E-state index in [2.05, 4.69) is 10.3 Å². The molecule has 0 aliphatic heterocycles. The van der Waals surface area contributed by atoms with Gasteiger partial charge in [-0.2, -0.15) is 0 Å². The summed E-state index contributed by atoms with van der Waals surface area (Å²) in [5, 5.41) is 2.62. The molecular formula is C14H10FN3OS. The molecule has 3 aromatic rings. The molecule has 3 N–H and O–H groups in total. The molecule has 2 heterocycles. The normalized spacial score (nSPS) is 10.7. The summed E-state index contributed by atoms with van der Waals surface area (Å²) in [6.45, 7) is 0. The second kappa shape index (κ2) is 4.90. The van der Waals surface area contributed by atoms with Gasteiger partial charge in [-0.1, -0.05) is 6.07 Å². The fraction of sp³-hybridized carbons (Fsp3) is 0. The zero-order valence-electron chi connectivity index (χ0n) is 10.3. The lowest BCUT2D eigenvalue weighted by molar-refractivity contribution is 0.103. The van der Waals surface area contributed by atoms with Crippen molar-refractivity contribution < 1.29 is 9.18 Å². The smallest absolute Gasteiger partial charge is 0.267 e. The first-order valence-electron chi connectivity index (χ1n) is 5.85. The molecular weight excluding hydrogens is 277 g/mol.